The normalized spacial score (nSPS) is 20.5. The Balaban J connectivity index is 2.03. The lowest BCUT2D eigenvalue weighted by Gasteiger charge is -2.39. The van der Waals surface area contributed by atoms with Crippen LogP contribution in [0.25, 0.3) is 0 Å². The molecular weight excluding hydrogens is 190 g/mol. The molecule has 1 aliphatic heterocycles. The minimum absolute atomic E-state index is 0.480. The Morgan fingerprint density at radius 3 is 2.75 bits per heavy atom. The number of thiophene rings is 1. The molecule has 1 saturated heterocycles. The second-order valence-corrected chi connectivity index (χ2v) is 5.60. The van der Waals surface area contributed by atoms with Gasteiger partial charge in [-0.05, 0) is 24.0 Å². The van der Waals surface area contributed by atoms with Gasteiger partial charge in [-0.1, -0.05) is 18.5 Å². The van der Waals surface area contributed by atoms with Crippen molar-refractivity contribution >= 4 is 22.9 Å². The first kappa shape index (κ1) is 8.54. The third-order valence-corrected chi connectivity index (χ3v) is 3.56. The predicted octanol–water partition coefficient (Wildman–Crippen LogP) is 2.55. The second kappa shape index (κ2) is 3.02. The van der Waals surface area contributed by atoms with Gasteiger partial charge in [-0.25, -0.2) is 0 Å². The van der Waals surface area contributed by atoms with Gasteiger partial charge in [0.1, 0.15) is 0 Å². The van der Waals surface area contributed by atoms with E-state index >= 15 is 0 Å². The van der Waals surface area contributed by atoms with Gasteiger partial charge in [-0.2, -0.15) is 0 Å². The summed E-state index contributed by atoms with van der Waals surface area (Å²) >= 11 is 7.55. The van der Waals surface area contributed by atoms with E-state index in [9.17, 15) is 0 Å². The number of halogens is 1. The summed E-state index contributed by atoms with van der Waals surface area (Å²) in [6.45, 7) is 4.60. The molecule has 0 bridgehead atoms. The van der Waals surface area contributed by atoms with Crippen molar-refractivity contribution in [3.05, 3.63) is 21.3 Å². The van der Waals surface area contributed by atoms with E-state index in [0.29, 0.717) is 5.41 Å². The summed E-state index contributed by atoms with van der Waals surface area (Å²) in [7, 11) is 0. The highest BCUT2D eigenvalue weighted by Crippen LogP contribution is 2.31. The van der Waals surface area contributed by atoms with Gasteiger partial charge >= 0.3 is 0 Å². The first-order valence-electron chi connectivity index (χ1n) is 4.13. The molecule has 0 unspecified atom stereocenters. The van der Waals surface area contributed by atoms with Crippen molar-refractivity contribution < 1.29 is 0 Å². The fraction of sp³-hybridized carbons (Fsp3) is 0.556. The van der Waals surface area contributed by atoms with Gasteiger partial charge in [0.15, 0.2) is 0 Å². The summed E-state index contributed by atoms with van der Waals surface area (Å²) in [5.41, 5.74) is 0.480. The molecule has 0 amide bonds. The van der Waals surface area contributed by atoms with Gasteiger partial charge in [0.25, 0.3) is 0 Å². The van der Waals surface area contributed by atoms with Crippen LogP contribution in [-0.4, -0.2) is 13.1 Å². The lowest BCUT2D eigenvalue weighted by Crippen LogP contribution is -2.52. The Morgan fingerprint density at radius 2 is 2.33 bits per heavy atom. The molecule has 1 aliphatic rings. The molecule has 1 aromatic rings. The zero-order chi connectivity index (χ0) is 8.60. The number of hydrogen-bond acceptors (Lipinski definition) is 2. The third kappa shape index (κ3) is 1.65. The molecule has 1 N–H and O–H groups in total. The van der Waals surface area contributed by atoms with Crippen LogP contribution >= 0.6 is 22.9 Å². The molecule has 0 radical (unpaired) electrons. The van der Waals surface area contributed by atoms with E-state index in [-0.39, 0.29) is 0 Å². The van der Waals surface area contributed by atoms with Crippen molar-refractivity contribution in [2.45, 2.75) is 13.3 Å². The van der Waals surface area contributed by atoms with E-state index < -0.39 is 0 Å². The van der Waals surface area contributed by atoms with Gasteiger partial charge in [0.2, 0.25) is 0 Å². The number of nitrogens with one attached hydrogen (secondary N) is 1. The van der Waals surface area contributed by atoms with Crippen LogP contribution in [0.5, 0.6) is 0 Å². The van der Waals surface area contributed by atoms with Crippen LogP contribution in [0.3, 0.4) is 0 Å². The highest BCUT2D eigenvalue weighted by molar-refractivity contribution is 7.16. The van der Waals surface area contributed by atoms with Crippen molar-refractivity contribution in [2.24, 2.45) is 5.41 Å². The monoisotopic (exact) mass is 201 g/mol. The van der Waals surface area contributed by atoms with E-state index in [1.807, 2.05) is 6.07 Å². The van der Waals surface area contributed by atoms with E-state index in [4.69, 9.17) is 11.6 Å². The van der Waals surface area contributed by atoms with Crippen LogP contribution in [0.1, 0.15) is 11.8 Å². The van der Waals surface area contributed by atoms with Crippen molar-refractivity contribution in [1.82, 2.24) is 5.32 Å². The minimum Gasteiger partial charge on any atom is -0.316 e. The Labute approximate surface area is 81.7 Å². The quantitative estimate of drug-likeness (QED) is 0.776. The van der Waals surface area contributed by atoms with E-state index in [2.05, 4.69) is 18.3 Å². The van der Waals surface area contributed by atoms with E-state index in [1.165, 1.54) is 4.88 Å². The Hall–Kier alpha value is -0.0500. The van der Waals surface area contributed by atoms with Crippen LogP contribution in [0.4, 0.5) is 0 Å². The van der Waals surface area contributed by atoms with Gasteiger partial charge in [-0.15, -0.1) is 11.3 Å². The summed E-state index contributed by atoms with van der Waals surface area (Å²) < 4.78 is 0.904. The van der Waals surface area contributed by atoms with Gasteiger partial charge in [0, 0.05) is 18.0 Å². The lowest BCUT2D eigenvalue weighted by atomic mass is 9.80. The summed E-state index contributed by atoms with van der Waals surface area (Å²) in [6, 6.07) is 4.12. The van der Waals surface area contributed by atoms with Crippen LogP contribution in [0.2, 0.25) is 4.34 Å². The fourth-order valence-corrected chi connectivity index (χ4v) is 2.85. The maximum absolute atomic E-state index is 5.85. The first-order valence-corrected chi connectivity index (χ1v) is 5.32. The lowest BCUT2D eigenvalue weighted by molar-refractivity contribution is 0.197. The zero-order valence-corrected chi connectivity index (χ0v) is 8.63. The fourth-order valence-electron chi connectivity index (χ4n) is 1.54. The van der Waals surface area contributed by atoms with E-state index in [1.54, 1.807) is 11.3 Å². The molecule has 0 aromatic carbocycles. The summed E-state index contributed by atoms with van der Waals surface area (Å²) in [5.74, 6) is 0. The molecule has 0 aliphatic carbocycles. The van der Waals surface area contributed by atoms with Crippen LogP contribution in [-0.2, 0) is 6.42 Å². The first-order chi connectivity index (χ1) is 5.68. The molecule has 12 heavy (non-hydrogen) atoms. The molecule has 1 aromatic heterocycles. The molecule has 66 valence electrons. The Bertz CT molecular complexity index is 278. The molecular formula is C9H12ClNS. The molecule has 2 rings (SSSR count). The second-order valence-electron chi connectivity index (χ2n) is 3.80. The molecule has 2 heterocycles. The van der Waals surface area contributed by atoms with E-state index in [0.717, 1.165) is 23.8 Å². The molecule has 1 fully saturated rings. The molecule has 0 saturated carbocycles. The topological polar surface area (TPSA) is 12.0 Å². The smallest absolute Gasteiger partial charge is 0.0931 e. The standard InChI is InChI=1S/C9H12ClNS/c1-9(5-11-6-9)4-7-2-3-8(10)12-7/h2-3,11H,4-6H2,1H3. The maximum atomic E-state index is 5.85. The van der Waals surface area contributed by atoms with Gasteiger partial charge < -0.3 is 5.32 Å². The zero-order valence-electron chi connectivity index (χ0n) is 7.06. The van der Waals surface area contributed by atoms with Crippen LogP contribution in [0.15, 0.2) is 12.1 Å². The molecule has 3 heteroatoms. The molecule has 0 atom stereocenters. The summed E-state index contributed by atoms with van der Waals surface area (Å²) in [4.78, 5) is 1.41. The highest BCUT2D eigenvalue weighted by Gasteiger charge is 2.31. The van der Waals surface area contributed by atoms with Crippen molar-refractivity contribution in [3.63, 3.8) is 0 Å². The minimum atomic E-state index is 0.480. The van der Waals surface area contributed by atoms with Crippen LogP contribution in [0, 0.1) is 5.41 Å². The van der Waals surface area contributed by atoms with Gasteiger partial charge in [0.05, 0.1) is 4.34 Å². The predicted molar refractivity (Wildman–Crippen MR) is 54.0 cm³/mol. The van der Waals surface area contributed by atoms with Crippen molar-refractivity contribution in [1.29, 1.82) is 0 Å². The Kier molecular flexibility index (Phi) is 2.15. The average molecular weight is 202 g/mol. The van der Waals surface area contributed by atoms with Gasteiger partial charge in [-0.3, -0.25) is 0 Å². The van der Waals surface area contributed by atoms with Crippen LogP contribution < -0.4 is 5.32 Å². The Morgan fingerprint density at radius 1 is 1.58 bits per heavy atom. The largest absolute Gasteiger partial charge is 0.316 e. The third-order valence-electron chi connectivity index (χ3n) is 2.33. The average Bonchev–Trinajstić information content (AvgIpc) is 2.32. The van der Waals surface area contributed by atoms with Crippen molar-refractivity contribution in [3.8, 4) is 0 Å². The van der Waals surface area contributed by atoms with Crippen molar-refractivity contribution in [2.75, 3.05) is 13.1 Å². The molecule has 0 spiro atoms. The highest BCUT2D eigenvalue weighted by atomic mass is 35.5. The molecule has 1 nitrogen and oxygen atoms in total. The number of hydrogen-bond donors (Lipinski definition) is 1. The summed E-state index contributed by atoms with van der Waals surface area (Å²) in [5, 5.41) is 3.30. The maximum Gasteiger partial charge on any atom is 0.0931 e. The number of rotatable bonds is 2. The SMILES string of the molecule is CC1(Cc2ccc(Cl)s2)CNC1. The summed E-state index contributed by atoms with van der Waals surface area (Å²) in [6.07, 6.45) is 1.16.